The summed E-state index contributed by atoms with van der Waals surface area (Å²) < 4.78 is 15.4. The highest BCUT2D eigenvalue weighted by Gasteiger charge is 2.22. The lowest BCUT2D eigenvalue weighted by atomic mass is 9.98. The second-order valence-electron chi connectivity index (χ2n) is 4.69. The smallest absolute Gasteiger partial charge is 0.128 e. The molecular formula is C15H16Cl2FNS. The van der Waals surface area contributed by atoms with Gasteiger partial charge in [-0.05, 0) is 32.0 Å². The van der Waals surface area contributed by atoms with Crippen LogP contribution in [0.4, 0.5) is 4.39 Å². The van der Waals surface area contributed by atoms with Crippen LogP contribution in [0.3, 0.4) is 0 Å². The molecule has 1 aromatic heterocycles. The molecule has 0 fully saturated rings. The van der Waals surface area contributed by atoms with Crippen molar-refractivity contribution in [3.8, 4) is 0 Å². The van der Waals surface area contributed by atoms with Gasteiger partial charge in [0.05, 0.1) is 14.7 Å². The molecule has 0 aliphatic heterocycles. The fourth-order valence-corrected chi connectivity index (χ4v) is 3.64. The minimum Gasteiger partial charge on any atom is -0.306 e. The number of aryl methyl sites for hydroxylation is 1. The van der Waals surface area contributed by atoms with Crippen LogP contribution in [-0.2, 0) is 0 Å². The Morgan fingerprint density at radius 2 is 2.00 bits per heavy atom. The van der Waals surface area contributed by atoms with E-state index in [0.717, 1.165) is 24.1 Å². The Hall–Kier alpha value is -0.610. The zero-order chi connectivity index (χ0) is 14.7. The van der Waals surface area contributed by atoms with Crippen molar-refractivity contribution in [3.63, 3.8) is 0 Å². The van der Waals surface area contributed by atoms with E-state index in [4.69, 9.17) is 23.2 Å². The monoisotopic (exact) mass is 331 g/mol. The summed E-state index contributed by atoms with van der Waals surface area (Å²) in [4.78, 5) is 0. The van der Waals surface area contributed by atoms with Crippen molar-refractivity contribution in [1.82, 2.24) is 5.32 Å². The highest BCUT2D eigenvalue weighted by atomic mass is 35.5. The molecule has 0 saturated heterocycles. The summed E-state index contributed by atoms with van der Waals surface area (Å²) >= 11 is 13.6. The van der Waals surface area contributed by atoms with E-state index in [1.807, 2.05) is 19.1 Å². The predicted octanol–water partition coefficient (Wildman–Crippen LogP) is 5.59. The highest BCUT2D eigenvalue weighted by molar-refractivity contribution is 7.20. The van der Waals surface area contributed by atoms with Crippen LogP contribution in [-0.4, -0.2) is 6.54 Å². The van der Waals surface area contributed by atoms with Crippen LogP contribution >= 0.6 is 34.5 Å². The number of hydrogen-bond donors (Lipinski definition) is 1. The number of rotatable bonds is 5. The average molecular weight is 332 g/mol. The van der Waals surface area contributed by atoms with Crippen molar-refractivity contribution in [3.05, 3.63) is 55.4 Å². The summed E-state index contributed by atoms with van der Waals surface area (Å²) in [5, 5.41) is 3.35. The molecule has 1 N–H and O–H groups in total. The molecule has 0 amide bonds. The molecule has 0 radical (unpaired) electrons. The largest absolute Gasteiger partial charge is 0.306 e. The van der Waals surface area contributed by atoms with E-state index in [1.54, 1.807) is 6.07 Å². The quantitative estimate of drug-likeness (QED) is 0.752. The first-order valence-electron chi connectivity index (χ1n) is 6.47. The van der Waals surface area contributed by atoms with Gasteiger partial charge in [0.2, 0.25) is 0 Å². The van der Waals surface area contributed by atoms with Gasteiger partial charge in [0.15, 0.2) is 0 Å². The molecule has 1 aromatic carbocycles. The lowest BCUT2D eigenvalue weighted by molar-refractivity contribution is 0.547. The molecule has 0 aliphatic rings. The molecule has 5 heteroatoms. The summed E-state index contributed by atoms with van der Waals surface area (Å²) in [7, 11) is 0. The first kappa shape index (κ1) is 15.8. The fraction of sp³-hybridized carbons (Fsp3) is 0.333. The average Bonchev–Trinajstić information content (AvgIpc) is 2.73. The minimum atomic E-state index is -0.272. The van der Waals surface area contributed by atoms with Crippen molar-refractivity contribution in [1.29, 1.82) is 0 Å². The van der Waals surface area contributed by atoms with Gasteiger partial charge in [0.25, 0.3) is 0 Å². The van der Waals surface area contributed by atoms with Crippen molar-refractivity contribution in [2.24, 2.45) is 0 Å². The number of nitrogens with one attached hydrogen (secondary N) is 1. The maximum Gasteiger partial charge on any atom is 0.128 e. The molecule has 1 heterocycles. The van der Waals surface area contributed by atoms with Crippen molar-refractivity contribution in [2.75, 3.05) is 6.54 Å². The normalized spacial score (nSPS) is 12.7. The zero-order valence-electron chi connectivity index (χ0n) is 11.3. The van der Waals surface area contributed by atoms with Gasteiger partial charge >= 0.3 is 0 Å². The van der Waals surface area contributed by atoms with Crippen LogP contribution in [0, 0.1) is 12.7 Å². The van der Waals surface area contributed by atoms with Crippen LogP contribution in [0.2, 0.25) is 8.67 Å². The highest BCUT2D eigenvalue weighted by Crippen LogP contribution is 2.38. The third-order valence-corrected chi connectivity index (χ3v) is 4.57. The second kappa shape index (κ2) is 6.90. The van der Waals surface area contributed by atoms with Crippen LogP contribution in [0.15, 0.2) is 24.3 Å². The van der Waals surface area contributed by atoms with Gasteiger partial charge in [-0.3, -0.25) is 0 Å². The topological polar surface area (TPSA) is 12.0 Å². The van der Waals surface area contributed by atoms with Crippen LogP contribution in [0.1, 0.15) is 36.1 Å². The van der Waals surface area contributed by atoms with E-state index in [1.165, 1.54) is 17.4 Å². The van der Waals surface area contributed by atoms with Crippen molar-refractivity contribution < 1.29 is 4.39 Å². The molecule has 20 heavy (non-hydrogen) atoms. The number of hydrogen-bond acceptors (Lipinski definition) is 2. The van der Waals surface area contributed by atoms with E-state index in [-0.39, 0.29) is 11.9 Å². The molecule has 2 rings (SSSR count). The van der Waals surface area contributed by atoms with Crippen LogP contribution in [0.5, 0.6) is 0 Å². The number of benzene rings is 1. The Morgan fingerprint density at radius 1 is 1.25 bits per heavy atom. The Morgan fingerprint density at radius 3 is 2.60 bits per heavy atom. The molecule has 0 aliphatic carbocycles. The van der Waals surface area contributed by atoms with E-state index in [9.17, 15) is 4.39 Å². The molecule has 0 spiro atoms. The Kier molecular flexibility index (Phi) is 5.44. The van der Waals surface area contributed by atoms with Crippen molar-refractivity contribution in [2.45, 2.75) is 26.3 Å². The summed E-state index contributed by atoms with van der Waals surface area (Å²) in [6.45, 7) is 4.79. The Labute approximate surface area is 132 Å². The molecule has 108 valence electrons. The van der Waals surface area contributed by atoms with E-state index in [0.29, 0.717) is 14.2 Å². The zero-order valence-corrected chi connectivity index (χ0v) is 13.7. The molecule has 1 unspecified atom stereocenters. The van der Waals surface area contributed by atoms with E-state index < -0.39 is 0 Å². The van der Waals surface area contributed by atoms with Gasteiger partial charge in [-0.1, -0.05) is 47.8 Å². The molecule has 2 aromatic rings. The van der Waals surface area contributed by atoms with Crippen LogP contribution < -0.4 is 5.32 Å². The fourth-order valence-electron chi connectivity index (χ4n) is 2.11. The van der Waals surface area contributed by atoms with Gasteiger partial charge in [-0.2, -0.15) is 0 Å². The summed E-state index contributed by atoms with van der Waals surface area (Å²) in [5.74, 6) is -0.234. The molecule has 0 saturated carbocycles. The maximum atomic E-state index is 14.2. The third kappa shape index (κ3) is 3.53. The molecule has 0 bridgehead atoms. The van der Waals surface area contributed by atoms with E-state index >= 15 is 0 Å². The molecule has 1 atom stereocenters. The SMILES string of the molecule is CCCNC(c1cc(C)ccc1F)c1cc(Cl)sc1Cl. The first-order chi connectivity index (χ1) is 9.52. The van der Waals surface area contributed by atoms with Gasteiger partial charge < -0.3 is 5.32 Å². The minimum absolute atomic E-state index is 0.234. The third-order valence-electron chi connectivity index (χ3n) is 3.06. The summed E-state index contributed by atoms with van der Waals surface area (Å²) in [5.41, 5.74) is 2.46. The maximum absolute atomic E-state index is 14.2. The second-order valence-corrected chi connectivity index (χ2v) is 6.98. The summed E-state index contributed by atoms with van der Waals surface area (Å²) in [6.07, 6.45) is 0.958. The van der Waals surface area contributed by atoms with Gasteiger partial charge in [-0.15, -0.1) is 11.3 Å². The number of thiophene rings is 1. The van der Waals surface area contributed by atoms with Gasteiger partial charge in [0, 0.05) is 11.1 Å². The first-order valence-corrected chi connectivity index (χ1v) is 8.04. The van der Waals surface area contributed by atoms with E-state index in [2.05, 4.69) is 12.2 Å². The molecular weight excluding hydrogens is 316 g/mol. The lowest BCUT2D eigenvalue weighted by Gasteiger charge is -2.20. The van der Waals surface area contributed by atoms with Crippen LogP contribution in [0.25, 0.3) is 0 Å². The predicted molar refractivity (Wildman–Crippen MR) is 85.6 cm³/mol. The number of halogens is 3. The standard InChI is InChI=1S/C15H16Cl2FNS/c1-3-6-19-14(11-8-13(16)20-15(11)17)10-7-9(2)4-5-12(10)18/h4-5,7-8,14,19H,3,6H2,1-2H3. The Balaban J connectivity index is 2.46. The van der Waals surface area contributed by atoms with Gasteiger partial charge in [-0.25, -0.2) is 4.39 Å². The Bertz CT molecular complexity index is 598. The van der Waals surface area contributed by atoms with Gasteiger partial charge in [0.1, 0.15) is 5.82 Å². The van der Waals surface area contributed by atoms with Crippen molar-refractivity contribution >= 4 is 34.5 Å². The molecule has 1 nitrogen and oxygen atoms in total. The summed E-state index contributed by atoms with van der Waals surface area (Å²) in [6, 6.07) is 6.64. The lowest BCUT2D eigenvalue weighted by Crippen LogP contribution is -2.24.